The van der Waals surface area contributed by atoms with Crippen molar-refractivity contribution in [3.63, 3.8) is 0 Å². The van der Waals surface area contributed by atoms with Crippen LogP contribution in [0.2, 0.25) is 0 Å². The molecule has 0 aliphatic rings. The molecule has 2 nitrogen and oxygen atoms in total. The minimum Gasteiger partial charge on any atom is -0.382 e. The fourth-order valence-corrected chi connectivity index (χ4v) is 2.16. The lowest BCUT2D eigenvalue weighted by Crippen LogP contribution is -2.35. The molecule has 1 unspecified atom stereocenters. The summed E-state index contributed by atoms with van der Waals surface area (Å²) in [5.41, 5.74) is 0.460. The van der Waals surface area contributed by atoms with Crippen molar-refractivity contribution < 1.29 is 4.74 Å². The van der Waals surface area contributed by atoms with E-state index in [0.717, 1.165) is 26.3 Å². The number of rotatable bonds is 11. The van der Waals surface area contributed by atoms with E-state index in [1.165, 1.54) is 32.1 Å². The molecular formula is C14H31NO. The molecule has 1 N–H and O–H groups in total. The van der Waals surface area contributed by atoms with Crippen molar-refractivity contribution in [1.82, 2.24) is 5.32 Å². The van der Waals surface area contributed by atoms with Crippen LogP contribution in [0, 0.1) is 5.41 Å². The van der Waals surface area contributed by atoms with Gasteiger partial charge in [0, 0.05) is 19.8 Å². The quantitative estimate of drug-likeness (QED) is 0.546. The van der Waals surface area contributed by atoms with Crippen LogP contribution in [-0.2, 0) is 4.74 Å². The van der Waals surface area contributed by atoms with Crippen LogP contribution >= 0.6 is 0 Å². The maximum Gasteiger partial charge on any atom is 0.0471 e. The van der Waals surface area contributed by atoms with E-state index in [-0.39, 0.29) is 0 Å². The van der Waals surface area contributed by atoms with Gasteiger partial charge in [0.25, 0.3) is 0 Å². The Morgan fingerprint density at radius 1 is 1.06 bits per heavy atom. The Balaban J connectivity index is 4.16. The van der Waals surface area contributed by atoms with E-state index >= 15 is 0 Å². The third-order valence-electron chi connectivity index (χ3n) is 3.54. The zero-order valence-electron chi connectivity index (χ0n) is 11.8. The molecule has 2 heteroatoms. The monoisotopic (exact) mass is 229 g/mol. The van der Waals surface area contributed by atoms with Gasteiger partial charge in [-0.15, -0.1) is 0 Å². The average Bonchev–Trinajstić information content (AvgIpc) is 2.32. The van der Waals surface area contributed by atoms with Gasteiger partial charge in [-0.1, -0.05) is 33.6 Å². The third kappa shape index (κ3) is 6.49. The van der Waals surface area contributed by atoms with Crippen LogP contribution in [0.1, 0.15) is 59.8 Å². The Kier molecular flexibility index (Phi) is 10.0. The molecule has 0 aliphatic heterocycles. The molecule has 0 rings (SSSR count). The molecule has 0 heterocycles. The van der Waals surface area contributed by atoms with E-state index in [1.54, 1.807) is 0 Å². The lowest BCUT2D eigenvalue weighted by molar-refractivity contribution is 0.0928. The molecule has 0 aromatic carbocycles. The van der Waals surface area contributed by atoms with Crippen molar-refractivity contribution in [2.24, 2.45) is 5.41 Å². The predicted molar refractivity (Wildman–Crippen MR) is 71.9 cm³/mol. The van der Waals surface area contributed by atoms with E-state index < -0.39 is 0 Å². The molecule has 0 aromatic heterocycles. The van der Waals surface area contributed by atoms with Crippen molar-refractivity contribution in [2.75, 3.05) is 26.3 Å². The maximum absolute atomic E-state index is 5.52. The summed E-state index contributed by atoms with van der Waals surface area (Å²) in [5.74, 6) is 0. The lowest BCUT2D eigenvalue weighted by atomic mass is 9.77. The summed E-state index contributed by atoms with van der Waals surface area (Å²) in [7, 11) is 0. The highest BCUT2D eigenvalue weighted by Gasteiger charge is 2.26. The molecule has 98 valence electrons. The molecule has 0 bridgehead atoms. The summed E-state index contributed by atoms with van der Waals surface area (Å²) < 4.78 is 5.52. The average molecular weight is 229 g/mol. The number of unbranched alkanes of at least 4 members (excludes halogenated alkanes) is 1. The summed E-state index contributed by atoms with van der Waals surface area (Å²) in [6, 6.07) is 0. The fourth-order valence-electron chi connectivity index (χ4n) is 2.16. The molecule has 0 aliphatic carbocycles. The first-order valence-corrected chi connectivity index (χ1v) is 7.03. The van der Waals surface area contributed by atoms with Gasteiger partial charge in [-0.3, -0.25) is 0 Å². The standard InChI is InChI=1S/C14H31NO/c1-5-9-10-14(6-2,13-15-7-3)11-12-16-8-4/h15H,5-13H2,1-4H3. The summed E-state index contributed by atoms with van der Waals surface area (Å²) in [6.45, 7) is 12.8. The highest BCUT2D eigenvalue weighted by atomic mass is 16.5. The van der Waals surface area contributed by atoms with Gasteiger partial charge in [-0.2, -0.15) is 0 Å². The van der Waals surface area contributed by atoms with Crippen molar-refractivity contribution in [3.05, 3.63) is 0 Å². The molecule has 0 saturated heterocycles. The first kappa shape index (κ1) is 15.9. The van der Waals surface area contributed by atoms with Crippen LogP contribution in [0.15, 0.2) is 0 Å². The molecule has 16 heavy (non-hydrogen) atoms. The normalized spacial score (nSPS) is 15.0. The van der Waals surface area contributed by atoms with Crippen LogP contribution in [-0.4, -0.2) is 26.3 Å². The first-order chi connectivity index (χ1) is 7.74. The zero-order chi connectivity index (χ0) is 12.3. The summed E-state index contributed by atoms with van der Waals surface area (Å²) in [5, 5.41) is 3.52. The van der Waals surface area contributed by atoms with Gasteiger partial charge in [-0.05, 0) is 38.1 Å². The smallest absolute Gasteiger partial charge is 0.0471 e. The van der Waals surface area contributed by atoms with E-state index in [2.05, 4.69) is 33.0 Å². The topological polar surface area (TPSA) is 21.3 Å². The number of ether oxygens (including phenoxy) is 1. The van der Waals surface area contributed by atoms with Crippen molar-refractivity contribution in [1.29, 1.82) is 0 Å². The molecular weight excluding hydrogens is 198 g/mol. The largest absolute Gasteiger partial charge is 0.382 e. The van der Waals surface area contributed by atoms with Gasteiger partial charge in [0.1, 0.15) is 0 Å². The summed E-state index contributed by atoms with van der Waals surface area (Å²) >= 11 is 0. The van der Waals surface area contributed by atoms with Gasteiger partial charge < -0.3 is 10.1 Å². The molecule has 0 amide bonds. The van der Waals surface area contributed by atoms with Crippen molar-refractivity contribution >= 4 is 0 Å². The van der Waals surface area contributed by atoms with Gasteiger partial charge in [0.2, 0.25) is 0 Å². The summed E-state index contributed by atoms with van der Waals surface area (Å²) in [4.78, 5) is 0. The van der Waals surface area contributed by atoms with Gasteiger partial charge in [0.05, 0.1) is 0 Å². The van der Waals surface area contributed by atoms with E-state index in [9.17, 15) is 0 Å². The number of hydrogen-bond acceptors (Lipinski definition) is 2. The Hall–Kier alpha value is -0.0800. The Morgan fingerprint density at radius 3 is 2.31 bits per heavy atom. The van der Waals surface area contributed by atoms with E-state index in [1.807, 2.05) is 0 Å². The minimum atomic E-state index is 0.460. The van der Waals surface area contributed by atoms with Gasteiger partial charge >= 0.3 is 0 Å². The SMILES string of the molecule is CCCCC(CC)(CCOCC)CNCC. The van der Waals surface area contributed by atoms with Gasteiger partial charge in [-0.25, -0.2) is 0 Å². The molecule has 0 saturated carbocycles. The van der Waals surface area contributed by atoms with Crippen LogP contribution < -0.4 is 5.32 Å². The first-order valence-electron chi connectivity index (χ1n) is 7.03. The highest BCUT2D eigenvalue weighted by molar-refractivity contribution is 4.80. The van der Waals surface area contributed by atoms with Crippen LogP contribution in [0.4, 0.5) is 0 Å². The Labute approximate surface area is 102 Å². The molecule has 1 atom stereocenters. The van der Waals surface area contributed by atoms with Gasteiger partial charge in [0.15, 0.2) is 0 Å². The Morgan fingerprint density at radius 2 is 1.81 bits per heavy atom. The maximum atomic E-state index is 5.52. The molecule has 0 spiro atoms. The second-order valence-corrected chi connectivity index (χ2v) is 4.68. The van der Waals surface area contributed by atoms with Crippen molar-refractivity contribution in [3.8, 4) is 0 Å². The lowest BCUT2D eigenvalue weighted by Gasteiger charge is -2.33. The molecule has 0 radical (unpaired) electrons. The number of hydrogen-bond donors (Lipinski definition) is 1. The highest BCUT2D eigenvalue weighted by Crippen LogP contribution is 2.32. The van der Waals surface area contributed by atoms with E-state index in [0.29, 0.717) is 5.41 Å². The Bertz CT molecular complexity index is 140. The van der Waals surface area contributed by atoms with Crippen molar-refractivity contribution in [2.45, 2.75) is 59.8 Å². The predicted octanol–water partition coefficient (Wildman–Crippen LogP) is 3.61. The van der Waals surface area contributed by atoms with Crippen LogP contribution in [0.5, 0.6) is 0 Å². The van der Waals surface area contributed by atoms with Crippen LogP contribution in [0.25, 0.3) is 0 Å². The number of nitrogens with one attached hydrogen (secondary N) is 1. The molecule has 0 fully saturated rings. The zero-order valence-corrected chi connectivity index (χ0v) is 11.8. The minimum absolute atomic E-state index is 0.460. The third-order valence-corrected chi connectivity index (χ3v) is 3.54. The summed E-state index contributed by atoms with van der Waals surface area (Å²) in [6.07, 6.45) is 6.42. The fraction of sp³-hybridized carbons (Fsp3) is 1.00. The van der Waals surface area contributed by atoms with Crippen LogP contribution in [0.3, 0.4) is 0 Å². The second-order valence-electron chi connectivity index (χ2n) is 4.68. The molecule has 0 aromatic rings. The van der Waals surface area contributed by atoms with E-state index in [4.69, 9.17) is 4.74 Å². The second kappa shape index (κ2) is 10.1.